The SMILES string of the molecule is CNc1ncc2c(n1)[nH]c(=O)c1ccccc12. The number of anilines is 1. The predicted molar refractivity (Wildman–Crippen MR) is 67.2 cm³/mol. The fraction of sp³-hybridized carbons (Fsp3) is 0.0833. The minimum Gasteiger partial charge on any atom is -0.357 e. The summed E-state index contributed by atoms with van der Waals surface area (Å²) in [7, 11) is 1.74. The average Bonchev–Trinajstić information content (AvgIpc) is 2.38. The number of pyridine rings is 1. The van der Waals surface area contributed by atoms with Gasteiger partial charge in [0.15, 0.2) is 0 Å². The topological polar surface area (TPSA) is 70.7 Å². The van der Waals surface area contributed by atoms with Crippen LogP contribution in [0.4, 0.5) is 5.95 Å². The lowest BCUT2D eigenvalue weighted by Crippen LogP contribution is -2.08. The molecule has 1 aromatic carbocycles. The molecule has 0 radical (unpaired) electrons. The third-order valence-electron chi connectivity index (χ3n) is 2.71. The number of fused-ring (bicyclic) bond motifs is 3. The van der Waals surface area contributed by atoms with E-state index in [9.17, 15) is 4.79 Å². The predicted octanol–water partition coefficient (Wildman–Crippen LogP) is 1.51. The molecule has 0 saturated heterocycles. The van der Waals surface area contributed by atoms with Crippen molar-refractivity contribution in [3.05, 3.63) is 40.8 Å². The molecule has 2 N–H and O–H groups in total. The maximum absolute atomic E-state index is 11.9. The van der Waals surface area contributed by atoms with Gasteiger partial charge in [0.05, 0.1) is 0 Å². The van der Waals surface area contributed by atoms with E-state index in [4.69, 9.17) is 0 Å². The van der Waals surface area contributed by atoms with Crippen LogP contribution in [0.5, 0.6) is 0 Å². The maximum Gasteiger partial charge on any atom is 0.257 e. The van der Waals surface area contributed by atoms with Crippen LogP contribution in [-0.4, -0.2) is 22.0 Å². The first-order valence-electron chi connectivity index (χ1n) is 5.25. The van der Waals surface area contributed by atoms with E-state index in [0.717, 1.165) is 10.8 Å². The minimum atomic E-state index is -0.131. The lowest BCUT2D eigenvalue weighted by Gasteiger charge is -2.03. The normalized spacial score (nSPS) is 10.9. The summed E-state index contributed by atoms with van der Waals surface area (Å²) in [6, 6.07) is 7.42. The highest BCUT2D eigenvalue weighted by molar-refractivity contribution is 6.03. The maximum atomic E-state index is 11.9. The molecular formula is C12H10N4O. The summed E-state index contributed by atoms with van der Waals surface area (Å²) < 4.78 is 0. The van der Waals surface area contributed by atoms with Gasteiger partial charge in [-0.3, -0.25) is 4.79 Å². The fourth-order valence-corrected chi connectivity index (χ4v) is 1.89. The van der Waals surface area contributed by atoms with Crippen LogP contribution in [-0.2, 0) is 0 Å². The standard InChI is InChI=1S/C12H10N4O/c1-13-12-14-6-9-7-4-2-3-5-8(7)11(17)15-10(9)16-12/h2-6H,1H3,(H2,13,14,15,16,17). The molecule has 3 rings (SSSR count). The first-order chi connectivity index (χ1) is 8.29. The van der Waals surface area contributed by atoms with Gasteiger partial charge in [0, 0.05) is 24.0 Å². The third kappa shape index (κ3) is 1.44. The summed E-state index contributed by atoms with van der Waals surface area (Å²) in [6.07, 6.45) is 1.71. The summed E-state index contributed by atoms with van der Waals surface area (Å²) in [5.41, 5.74) is 0.418. The lowest BCUT2D eigenvalue weighted by molar-refractivity contribution is 1.16. The molecule has 5 nitrogen and oxygen atoms in total. The van der Waals surface area contributed by atoms with Crippen LogP contribution in [0, 0.1) is 0 Å². The van der Waals surface area contributed by atoms with Crippen molar-refractivity contribution >= 4 is 27.8 Å². The number of nitrogens with one attached hydrogen (secondary N) is 2. The van der Waals surface area contributed by atoms with Crippen molar-refractivity contribution < 1.29 is 0 Å². The van der Waals surface area contributed by atoms with Gasteiger partial charge >= 0.3 is 0 Å². The fourth-order valence-electron chi connectivity index (χ4n) is 1.89. The summed E-state index contributed by atoms with van der Waals surface area (Å²) in [5, 5.41) is 5.21. The zero-order chi connectivity index (χ0) is 11.8. The van der Waals surface area contributed by atoms with E-state index in [1.165, 1.54) is 0 Å². The van der Waals surface area contributed by atoms with Crippen LogP contribution in [0.3, 0.4) is 0 Å². The van der Waals surface area contributed by atoms with Crippen LogP contribution in [0.1, 0.15) is 0 Å². The first-order valence-corrected chi connectivity index (χ1v) is 5.25. The molecule has 3 aromatic rings. The van der Waals surface area contributed by atoms with Crippen LogP contribution in [0.2, 0.25) is 0 Å². The quantitative estimate of drug-likeness (QED) is 0.617. The highest BCUT2D eigenvalue weighted by atomic mass is 16.1. The Morgan fingerprint density at radius 2 is 1.94 bits per heavy atom. The first kappa shape index (κ1) is 9.77. The molecule has 84 valence electrons. The molecule has 0 amide bonds. The largest absolute Gasteiger partial charge is 0.357 e. The van der Waals surface area contributed by atoms with Crippen molar-refractivity contribution in [2.75, 3.05) is 12.4 Å². The average molecular weight is 226 g/mol. The highest BCUT2D eigenvalue weighted by Crippen LogP contribution is 2.19. The number of aromatic nitrogens is 3. The van der Waals surface area contributed by atoms with E-state index in [-0.39, 0.29) is 5.56 Å². The van der Waals surface area contributed by atoms with E-state index >= 15 is 0 Å². The highest BCUT2D eigenvalue weighted by Gasteiger charge is 2.06. The van der Waals surface area contributed by atoms with Crippen molar-refractivity contribution in [1.82, 2.24) is 15.0 Å². The van der Waals surface area contributed by atoms with E-state index < -0.39 is 0 Å². The Balaban J connectivity index is 2.53. The second-order valence-corrected chi connectivity index (χ2v) is 3.71. The molecule has 0 aliphatic rings. The number of aromatic amines is 1. The molecule has 0 bridgehead atoms. The van der Waals surface area contributed by atoms with E-state index in [0.29, 0.717) is 17.0 Å². The van der Waals surface area contributed by atoms with Crippen molar-refractivity contribution in [2.45, 2.75) is 0 Å². The van der Waals surface area contributed by atoms with Gasteiger partial charge in [0.2, 0.25) is 5.95 Å². The van der Waals surface area contributed by atoms with Gasteiger partial charge in [-0.2, -0.15) is 4.98 Å². The molecular weight excluding hydrogens is 216 g/mol. The summed E-state index contributed by atoms with van der Waals surface area (Å²) in [6.45, 7) is 0. The summed E-state index contributed by atoms with van der Waals surface area (Å²) >= 11 is 0. The van der Waals surface area contributed by atoms with Gasteiger partial charge < -0.3 is 10.3 Å². The van der Waals surface area contributed by atoms with Gasteiger partial charge in [-0.05, 0) is 11.5 Å². The van der Waals surface area contributed by atoms with Crippen LogP contribution < -0.4 is 10.9 Å². The Morgan fingerprint density at radius 3 is 2.71 bits per heavy atom. The molecule has 5 heteroatoms. The molecule has 17 heavy (non-hydrogen) atoms. The number of H-pyrrole nitrogens is 1. The number of benzene rings is 1. The van der Waals surface area contributed by atoms with Gasteiger partial charge in [0.1, 0.15) is 5.65 Å². The number of rotatable bonds is 1. The molecule has 0 saturated carbocycles. The molecule has 2 heterocycles. The molecule has 0 atom stereocenters. The zero-order valence-electron chi connectivity index (χ0n) is 9.19. The van der Waals surface area contributed by atoms with Gasteiger partial charge in [0.25, 0.3) is 5.56 Å². The van der Waals surface area contributed by atoms with Crippen molar-refractivity contribution in [2.24, 2.45) is 0 Å². The zero-order valence-corrected chi connectivity index (χ0v) is 9.19. The molecule has 0 aliphatic heterocycles. The summed E-state index contributed by atoms with van der Waals surface area (Å²) in [5.74, 6) is 0.489. The van der Waals surface area contributed by atoms with Crippen molar-refractivity contribution in [3.8, 4) is 0 Å². The number of hydrogen-bond acceptors (Lipinski definition) is 4. The van der Waals surface area contributed by atoms with Crippen LogP contribution >= 0.6 is 0 Å². The Labute approximate surface area is 96.5 Å². The van der Waals surface area contributed by atoms with Gasteiger partial charge in [-0.1, -0.05) is 18.2 Å². The molecule has 2 aromatic heterocycles. The molecule has 0 unspecified atom stereocenters. The van der Waals surface area contributed by atoms with E-state index in [1.807, 2.05) is 18.2 Å². The van der Waals surface area contributed by atoms with Crippen molar-refractivity contribution in [3.63, 3.8) is 0 Å². The second-order valence-electron chi connectivity index (χ2n) is 3.71. The lowest BCUT2D eigenvalue weighted by atomic mass is 10.1. The smallest absolute Gasteiger partial charge is 0.257 e. The van der Waals surface area contributed by atoms with Gasteiger partial charge in [-0.25, -0.2) is 4.98 Å². The summed E-state index contributed by atoms with van der Waals surface area (Å²) in [4.78, 5) is 23.0. The van der Waals surface area contributed by atoms with E-state index in [2.05, 4.69) is 20.3 Å². The molecule has 0 aliphatic carbocycles. The number of nitrogens with zero attached hydrogens (tertiary/aromatic N) is 2. The van der Waals surface area contributed by atoms with Crippen molar-refractivity contribution in [1.29, 1.82) is 0 Å². The molecule has 0 fully saturated rings. The Morgan fingerprint density at radius 1 is 1.18 bits per heavy atom. The van der Waals surface area contributed by atoms with Crippen LogP contribution in [0.25, 0.3) is 21.8 Å². The Bertz CT molecular complexity index is 763. The Kier molecular flexibility index (Phi) is 2.04. The second kappa shape index (κ2) is 3.55. The Hall–Kier alpha value is -2.43. The van der Waals surface area contributed by atoms with E-state index in [1.54, 1.807) is 19.3 Å². The third-order valence-corrected chi connectivity index (χ3v) is 2.71. The monoisotopic (exact) mass is 226 g/mol. The minimum absolute atomic E-state index is 0.131. The van der Waals surface area contributed by atoms with Crippen LogP contribution in [0.15, 0.2) is 35.3 Å². The molecule has 0 spiro atoms. The number of hydrogen-bond donors (Lipinski definition) is 2. The van der Waals surface area contributed by atoms with Gasteiger partial charge in [-0.15, -0.1) is 0 Å².